The van der Waals surface area contributed by atoms with Gasteiger partial charge in [0.1, 0.15) is 5.75 Å². The molecule has 23 heavy (non-hydrogen) atoms. The Morgan fingerprint density at radius 2 is 2.04 bits per heavy atom. The zero-order valence-electron chi connectivity index (χ0n) is 14.2. The molecule has 1 aromatic carbocycles. The predicted octanol–water partition coefficient (Wildman–Crippen LogP) is 2.75. The molecule has 0 N–H and O–H groups in total. The first kappa shape index (κ1) is 17.0. The van der Waals surface area contributed by atoms with Crippen molar-refractivity contribution in [3.63, 3.8) is 0 Å². The molecule has 0 saturated carbocycles. The summed E-state index contributed by atoms with van der Waals surface area (Å²) in [5.41, 5.74) is 1.09. The van der Waals surface area contributed by atoms with Crippen molar-refractivity contribution in [2.75, 3.05) is 7.05 Å². The Hall–Kier alpha value is -2.37. The van der Waals surface area contributed by atoms with Gasteiger partial charge in [-0.2, -0.15) is 0 Å². The summed E-state index contributed by atoms with van der Waals surface area (Å²) >= 11 is 0. The zero-order valence-corrected chi connectivity index (χ0v) is 14.2. The molecule has 6 heteroatoms. The van der Waals surface area contributed by atoms with Crippen molar-refractivity contribution in [3.8, 4) is 5.75 Å². The molecule has 0 aliphatic carbocycles. The van der Waals surface area contributed by atoms with Crippen LogP contribution in [-0.2, 0) is 11.3 Å². The van der Waals surface area contributed by atoms with E-state index in [0.717, 1.165) is 5.56 Å². The number of rotatable bonds is 6. The molecule has 0 aliphatic heterocycles. The minimum Gasteiger partial charge on any atom is -0.480 e. The Morgan fingerprint density at radius 3 is 2.61 bits per heavy atom. The minimum absolute atomic E-state index is 0.0369. The molecule has 0 saturated heterocycles. The lowest BCUT2D eigenvalue weighted by Crippen LogP contribution is -2.42. The maximum absolute atomic E-state index is 12.7. The van der Waals surface area contributed by atoms with Gasteiger partial charge < -0.3 is 14.1 Å². The lowest BCUT2D eigenvalue weighted by molar-refractivity contribution is -0.140. The van der Waals surface area contributed by atoms with Crippen LogP contribution in [0.4, 0.5) is 0 Å². The third-order valence-corrected chi connectivity index (χ3v) is 3.42. The number of aryl methyl sites for hydroxylation is 2. The second kappa shape index (κ2) is 7.26. The van der Waals surface area contributed by atoms with Crippen LogP contribution in [-0.4, -0.2) is 34.2 Å². The Morgan fingerprint density at radius 1 is 1.30 bits per heavy atom. The summed E-state index contributed by atoms with van der Waals surface area (Å²) in [4.78, 5) is 14.2. The van der Waals surface area contributed by atoms with Gasteiger partial charge in [-0.25, -0.2) is 0 Å². The molecule has 2 rings (SSSR count). The Balaban J connectivity index is 2.08. The van der Waals surface area contributed by atoms with Crippen LogP contribution in [0.2, 0.25) is 0 Å². The predicted molar refractivity (Wildman–Crippen MR) is 85.9 cm³/mol. The van der Waals surface area contributed by atoms with Crippen molar-refractivity contribution in [3.05, 3.63) is 41.6 Å². The molecule has 6 nitrogen and oxygen atoms in total. The lowest BCUT2D eigenvalue weighted by Gasteiger charge is -2.26. The van der Waals surface area contributed by atoms with Gasteiger partial charge in [-0.3, -0.25) is 4.79 Å². The van der Waals surface area contributed by atoms with E-state index in [1.165, 1.54) is 0 Å². The number of carbonyl (C=O) groups excluding carboxylic acids is 1. The van der Waals surface area contributed by atoms with Crippen molar-refractivity contribution in [2.45, 2.75) is 40.3 Å². The van der Waals surface area contributed by atoms with E-state index in [4.69, 9.17) is 9.15 Å². The summed E-state index contributed by atoms with van der Waals surface area (Å²) in [6.45, 7) is 7.89. The molecule has 0 spiro atoms. The van der Waals surface area contributed by atoms with Gasteiger partial charge in [-0.1, -0.05) is 26.0 Å². The Kier molecular flexibility index (Phi) is 5.36. The van der Waals surface area contributed by atoms with Crippen LogP contribution in [0.5, 0.6) is 5.75 Å². The average molecular weight is 317 g/mol. The molecular weight excluding hydrogens is 294 g/mol. The number of ether oxygens (including phenoxy) is 1. The quantitative estimate of drug-likeness (QED) is 0.819. The van der Waals surface area contributed by atoms with E-state index in [2.05, 4.69) is 10.2 Å². The first-order valence-electron chi connectivity index (χ1n) is 7.64. The van der Waals surface area contributed by atoms with Crippen LogP contribution in [0.3, 0.4) is 0 Å². The summed E-state index contributed by atoms with van der Waals surface area (Å²) in [6.07, 6.45) is -0.564. The van der Waals surface area contributed by atoms with E-state index in [1.54, 1.807) is 18.9 Å². The number of amides is 1. The third kappa shape index (κ3) is 4.55. The van der Waals surface area contributed by atoms with Gasteiger partial charge in [0, 0.05) is 14.0 Å². The van der Waals surface area contributed by atoms with Gasteiger partial charge in [-0.05, 0) is 30.5 Å². The van der Waals surface area contributed by atoms with Crippen LogP contribution in [0.15, 0.2) is 28.7 Å². The monoisotopic (exact) mass is 317 g/mol. The number of aromatic nitrogens is 2. The first-order valence-corrected chi connectivity index (χ1v) is 7.64. The fourth-order valence-corrected chi connectivity index (χ4v) is 2.21. The maximum Gasteiger partial charge on any atom is 0.264 e. The van der Waals surface area contributed by atoms with Gasteiger partial charge >= 0.3 is 0 Å². The van der Waals surface area contributed by atoms with E-state index in [-0.39, 0.29) is 18.4 Å². The average Bonchev–Trinajstić information content (AvgIpc) is 2.89. The Labute approximate surface area is 136 Å². The highest BCUT2D eigenvalue weighted by atomic mass is 16.5. The van der Waals surface area contributed by atoms with Crippen molar-refractivity contribution < 1.29 is 13.9 Å². The fraction of sp³-hybridized carbons (Fsp3) is 0.471. The van der Waals surface area contributed by atoms with Crippen molar-refractivity contribution >= 4 is 5.91 Å². The number of nitrogens with zero attached hydrogens (tertiary/aromatic N) is 3. The molecule has 1 amide bonds. The summed E-state index contributed by atoms with van der Waals surface area (Å²) in [5, 5.41) is 7.69. The molecule has 0 aliphatic rings. The molecule has 124 valence electrons. The molecule has 1 heterocycles. The zero-order chi connectivity index (χ0) is 17.0. The van der Waals surface area contributed by atoms with Gasteiger partial charge in [0.25, 0.3) is 5.91 Å². The minimum atomic E-state index is -0.564. The fourth-order valence-electron chi connectivity index (χ4n) is 2.21. The lowest BCUT2D eigenvalue weighted by atomic mass is 10.1. The highest BCUT2D eigenvalue weighted by molar-refractivity contribution is 5.81. The number of hydrogen-bond donors (Lipinski definition) is 0. The number of likely N-dealkylation sites (N-methyl/N-ethyl adjacent to an activating group) is 1. The van der Waals surface area contributed by atoms with Crippen molar-refractivity contribution in [1.29, 1.82) is 0 Å². The normalized spacial score (nSPS) is 12.3. The molecule has 1 unspecified atom stereocenters. The Bertz CT molecular complexity index is 667. The molecule has 0 bridgehead atoms. The van der Waals surface area contributed by atoms with Crippen LogP contribution in [0.25, 0.3) is 0 Å². The summed E-state index contributed by atoms with van der Waals surface area (Å²) in [5.74, 6) is 1.51. The summed E-state index contributed by atoms with van der Waals surface area (Å²) < 4.78 is 11.2. The molecule has 1 aromatic heterocycles. The number of benzene rings is 1. The third-order valence-electron chi connectivity index (χ3n) is 3.42. The van der Waals surface area contributed by atoms with Crippen molar-refractivity contribution in [1.82, 2.24) is 15.1 Å². The molecule has 0 radical (unpaired) electrons. The smallest absolute Gasteiger partial charge is 0.264 e. The molecule has 0 fully saturated rings. The highest BCUT2D eigenvalue weighted by Gasteiger charge is 2.28. The SMILES string of the molecule is Cc1cccc(OC(C(=O)N(C)Cc2nnc(C)o2)C(C)C)c1. The largest absolute Gasteiger partial charge is 0.480 e. The van der Waals surface area contributed by atoms with E-state index < -0.39 is 6.10 Å². The van der Waals surface area contributed by atoms with Crippen LogP contribution in [0, 0.1) is 19.8 Å². The molecular formula is C17H23N3O3. The summed E-state index contributed by atoms with van der Waals surface area (Å²) in [6, 6.07) is 7.68. The number of hydrogen-bond acceptors (Lipinski definition) is 5. The van der Waals surface area contributed by atoms with E-state index in [9.17, 15) is 4.79 Å². The van der Waals surface area contributed by atoms with Gasteiger partial charge in [0.05, 0.1) is 6.54 Å². The van der Waals surface area contributed by atoms with Gasteiger partial charge in [-0.15, -0.1) is 10.2 Å². The first-order chi connectivity index (χ1) is 10.9. The maximum atomic E-state index is 12.7. The van der Waals surface area contributed by atoms with Crippen molar-refractivity contribution in [2.24, 2.45) is 5.92 Å². The second-order valence-corrected chi connectivity index (χ2v) is 6.01. The van der Waals surface area contributed by atoms with Gasteiger partial charge in [0.2, 0.25) is 11.8 Å². The number of carbonyl (C=O) groups is 1. The highest BCUT2D eigenvalue weighted by Crippen LogP contribution is 2.19. The van der Waals surface area contributed by atoms with Crippen LogP contribution < -0.4 is 4.74 Å². The second-order valence-electron chi connectivity index (χ2n) is 6.01. The summed E-state index contributed by atoms with van der Waals surface area (Å²) in [7, 11) is 1.71. The molecule has 2 aromatic rings. The topological polar surface area (TPSA) is 68.5 Å². The van der Waals surface area contributed by atoms with E-state index in [1.807, 2.05) is 45.0 Å². The molecule has 1 atom stereocenters. The van der Waals surface area contributed by atoms with Crippen LogP contribution in [0.1, 0.15) is 31.2 Å². The van der Waals surface area contributed by atoms with E-state index in [0.29, 0.717) is 17.5 Å². The van der Waals surface area contributed by atoms with E-state index >= 15 is 0 Å². The standard InChI is InChI=1S/C17H23N3O3/c1-11(2)16(23-14-8-6-7-12(3)9-14)17(21)20(5)10-15-19-18-13(4)22-15/h6-9,11,16H,10H2,1-5H3. The van der Waals surface area contributed by atoms with Gasteiger partial charge in [0.15, 0.2) is 6.10 Å². The van der Waals surface area contributed by atoms with Crippen LogP contribution >= 0.6 is 0 Å².